The van der Waals surface area contributed by atoms with Crippen LogP contribution < -0.4 is 5.09 Å². The van der Waals surface area contributed by atoms with Crippen LogP contribution in [0.1, 0.15) is 0 Å². The maximum absolute atomic E-state index is 11.5. The topological polar surface area (TPSA) is 46.2 Å². The number of hydrogen-bond acceptors (Lipinski definition) is 4. The Hall–Kier alpha value is 0.690. The Morgan fingerprint density at radius 3 is 2.27 bits per heavy atom. The molecular weight excluding hydrogens is 225 g/mol. The Kier molecular flexibility index (Phi) is 5.69. The van der Waals surface area contributed by atoms with Gasteiger partial charge in [-0.1, -0.05) is 22.8 Å². The minimum Gasteiger partial charge on any atom is -0.290 e. The van der Waals surface area contributed by atoms with Crippen molar-refractivity contribution in [3.63, 3.8) is 0 Å². The third-order valence-electron chi connectivity index (χ3n) is 0.864. The van der Waals surface area contributed by atoms with Gasteiger partial charge in [-0.15, -0.1) is 11.6 Å². The smallest absolute Gasteiger partial charge is 0.279 e. The third kappa shape index (κ3) is 4.31. The van der Waals surface area contributed by atoms with E-state index in [0.29, 0.717) is 0 Å². The van der Waals surface area contributed by atoms with Crippen molar-refractivity contribution in [2.45, 2.75) is 0 Å². The van der Waals surface area contributed by atoms with Gasteiger partial charge in [0.15, 0.2) is 0 Å². The predicted octanol–water partition coefficient (Wildman–Crippen LogP) is 2.18. The Labute approximate surface area is 78.9 Å². The lowest BCUT2D eigenvalue weighted by Crippen LogP contribution is -2.18. The average molecular weight is 234 g/mol. The van der Waals surface area contributed by atoms with Gasteiger partial charge in [-0.25, -0.2) is 0 Å². The first-order chi connectivity index (χ1) is 5.08. The average Bonchev–Trinajstić information content (AvgIpc) is 2.04. The van der Waals surface area contributed by atoms with E-state index in [1.807, 2.05) is 0 Å². The van der Waals surface area contributed by atoms with Crippen molar-refractivity contribution < 1.29 is 9.36 Å². The number of rotatable bonds is 4. The molecular formula is C4H9ClNO2PS2. The molecule has 66 valence electrons. The van der Waals surface area contributed by atoms with E-state index in [2.05, 4.69) is 5.09 Å². The first kappa shape index (κ1) is 11.7. The van der Waals surface area contributed by atoms with Gasteiger partial charge in [0, 0.05) is 0 Å². The van der Waals surface area contributed by atoms with Crippen molar-refractivity contribution in [1.29, 1.82) is 0 Å². The van der Waals surface area contributed by atoms with E-state index in [9.17, 15) is 9.36 Å². The van der Waals surface area contributed by atoms with Crippen molar-refractivity contribution in [3.05, 3.63) is 0 Å². The van der Waals surface area contributed by atoms with Crippen molar-refractivity contribution >= 4 is 46.0 Å². The Morgan fingerprint density at radius 1 is 1.55 bits per heavy atom. The standard InChI is InChI=1S/C4H9ClNO2PS2/c1-10-9(8,11-2)6-4(7)3-5/h3H2,1-2H3,(H,6,7,8). The number of alkyl halides is 1. The van der Waals surface area contributed by atoms with Crippen LogP contribution in [0, 0.1) is 0 Å². The van der Waals surface area contributed by atoms with E-state index in [-0.39, 0.29) is 5.88 Å². The molecule has 0 aromatic carbocycles. The van der Waals surface area contributed by atoms with E-state index in [1.165, 1.54) is 0 Å². The van der Waals surface area contributed by atoms with Gasteiger partial charge in [-0.3, -0.25) is 14.4 Å². The molecule has 0 aliphatic heterocycles. The van der Waals surface area contributed by atoms with Gasteiger partial charge in [-0.2, -0.15) is 0 Å². The molecule has 0 aromatic heterocycles. The minimum atomic E-state index is -2.60. The molecule has 7 heteroatoms. The van der Waals surface area contributed by atoms with E-state index in [0.717, 1.165) is 22.8 Å². The van der Waals surface area contributed by atoms with Gasteiger partial charge in [0.25, 0.3) is 5.70 Å². The molecule has 0 bridgehead atoms. The van der Waals surface area contributed by atoms with Gasteiger partial charge in [0.1, 0.15) is 5.88 Å². The maximum atomic E-state index is 11.5. The highest BCUT2D eigenvalue weighted by molar-refractivity contribution is 8.89. The number of hydrogen-bond donors (Lipinski definition) is 1. The molecule has 0 saturated heterocycles. The number of nitrogens with one attached hydrogen (secondary N) is 1. The molecule has 11 heavy (non-hydrogen) atoms. The summed E-state index contributed by atoms with van der Waals surface area (Å²) in [5.74, 6) is -0.538. The van der Waals surface area contributed by atoms with Crippen LogP contribution in [0.3, 0.4) is 0 Å². The highest BCUT2D eigenvalue weighted by Gasteiger charge is 2.20. The van der Waals surface area contributed by atoms with E-state index < -0.39 is 11.6 Å². The summed E-state index contributed by atoms with van der Waals surface area (Å²) in [6.07, 6.45) is 3.37. The molecule has 0 aliphatic rings. The Morgan fingerprint density at radius 2 is 2.00 bits per heavy atom. The molecule has 0 unspecified atom stereocenters. The van der Waals surface area contributed by atoms with Gasteiger partial charge in [0.05, 0.1) is 0 Å². The lowest BCUT2D eigenvalue weighted by atomic mass is 10.8. The second-order valence-corrected chi connectivity index (χ2v) is 9.72. The summed E-state index contributed by atoms with van der Waals surface area (Å²) in [7, 11) is 0. The van der Waals surface area contributed by atoms with Crippen molar-refractivity contribution in [1.82, 2.24) is 5.09 Å². The largest absolute Gasteiger partial charge is 0.290 e. The molecule has 1 amide bonds. The van der Waals surface area contributed by atoms with Crippen LogP contribution in [0.25, 0.3) is 0 Å². The molecule has 0 saturated carbocycles. The van der Waals surface area contributed by atoms with Crippen LogP contribution in [0.2, 0.25) is 0 Å². The van der Waals surface area contributed by atoms with Crippen molar-refractivity contribution in [2.24, 2.45) is 0 Å². The summed E-state index contributed by atoms with van der Waals surface area (Å²) in [5.41, 5.74) is -2.60. The predicted molar refractivity (Wildman–Crippen MR) is 53.5 cm³/mol. The van der Waals surface area contributed by atoms with E-state index in [4.69, 9.17) is 11.6 Å². The van der Waals surface area contributed by atoms with Crippen molar-refractivity contribution in [3.8, 4) is 0 Å². The number of halogens is 1. The third-order valence-corrected chi connectivity index (χ3v) is 8.71. The first-order valence-corrected chi connectivity index (χ1v) is 8.56. The maximum Gasteiger partial charge on any atom is 0.279 e. The highest BCUT2D eigenvalue weighted by Crippen LogP contribution is 2.63. The molecule has 0 radical (unpaired) electrons. The second-order valence-electron chi connectivity index (χ2n) is 1.53. The molecule has 0 atom stereocenters. The lowest BCUT2D eigenvalue weighted by Gasteiger charge is -2.12. The van der Waals surface area contributed by atoms with Crippen LogP contribution in [0.4, 0.5) is 0 Å². The number of carbonyl (C=O) groups excluding carboxylic acids is 1. The molecule has 0 rings (SSSR count). The van der Waals surface area contributed by atoms with Crippen LogP contribution in [-0.4, -0.2) is 24.3 Å². The Bertz CT molecular complexity index is 181. The second kappa shape index (κ2) is 5.36. The lowest BCUT2D eigenvalue weighted by molar-refractivity contribution is -0.116. The van der Waals surface area contributed by atoms with Gasteiger partial charge in [0.2, 0.25) is 5.91 Å². The molecule has 0 heterocycles. The summed E-state index contributed by atoms with van der Waals surface area (Å²) < 4.78 is 11.5. The van der Waals surface area contributed by atoms with Crippen molar-refractivity contribution in [2.75, 3.05) is 18.4 Å². The molecule has 0 fully saturated rings. The fraction of sp³-hybridized carbons (Fsp3) is 0.750. The Balaban J connectivity index is 4.09. The van der Waals surface area contributed by atoms with Crippen LogP contribution in [0.5, 0.6) is 0 Å². The van der Waals surface area contributed by atoms with Gasteiger partial charge in [-0.05, 0) is 12.5 Å². The number of carbonyl (C=O) groups is 1. The zero-order valence-corrected chi connectivity index (χ0v) is 9.45. The molecule has 0 spiro atoms. The van der Waals surface area contributed by atoms with Crippen LogP contribution >= 0.6 is 40.1 Å². The quantitative estimate of drug-likeness (QED) is 0.597. The highest BCUT2D eigenvalue weighted by atomic mass is 35.5. The van der Waals surface area contributed by atoms with Gasteiger partial charge >= 0.3 is 0 Å². The fourth-order valence-electron chi connectivity index (χ4n) is 0.348. The SMILES string of the molecule is CSP(=O)(NC(=O)CCl)SC. The normalized spacial score (nSPS) is 11.2. The van der Waals surface area contributed by atoms with Crippen LogP contribution in [-0.2, 0) is 9.36 Å². The zero-order chi connectivity index (χ0) is 8.91. The van der Waals surface area contributed by atoms with E-state index in [1.54, 1.807) is 12.5 Å². The molecule has 0 aromatic rings. The summed E-state index contributed by atoms with van der Waals surface area (Å²) in [4.78, 5) is 10.7. The summed E-state index contributed by atoms with van der Waals surface area (Å²) in [6, 6.07) is 0. The summed E-state index contributed by atoms with van der Waals surface area (Å²) in [6.45, 7) is 0. The fourth-order valence-corrected chi connectivity index (χ4v) is 4.17. The number of amides is 1. The summed E-state index contributed by atoms with van der Waals surface area (Å²) >= 11 is 7.51. The zero-order valence-electron chi connectivity index (χ0n) is 6.17. The first-order valence-electron chi connectivity index (χ1n) is 2.66. The molecule has 1 N–H and O–H groups in total. The van der Waals surface area contributed by atoms with Crippen LogP contribution in [0.15, 0.2) is 0 Å². The minimum absolute atomic E-state index is 0.148. The van der Waals surface area contributed by atoms with Gasteiger partial charge < -0.3 is 0 Å². The summed E-state index contributed by atoms with van der Waals surface area (Å²) in [5, 5.41) is 2.35. The monoisotopic (exact) mass is 233 g/mol. The molecule has 3 nitrogen and oxygen atoms in total. The molecule has 0 aliphatic carbocycles. The van der Waals surface area contributed by atoms with E-state index >= 15 is 0 Å².